The zero-order valence-electron chi connectivity index (χ0n) is 10.9. The lowest BCUT2D eigenvalue weighted by molar-refractivity contribution is 0.174. The van der Waals surface area contributed by atoms with Gasteiger partial charge in [0.05, 0.1) is 6.61 Å². The highest BCUT2D eigenvalue weighted by molar-refractivity contribution is 5.96. The lowest BCUT2D eigenvalue weighted by Crippen LogP contribution is -2.04. The summed E-state index contributed by atoms with van der Waals surface area (Å²) in [5, 5.41) is 11.1. The fourth-order valence-electron chi connectivity index (χ4n) is 2.79. The highest BCUT2D eigenvalue weighted by Gasteiger charge is 2.20. The topological polar surface area (TPSA) is 47.9 Å². The van der Waals surface area contributed by atoms with E-state index in [0.717, 1.165) is 40.0 Å². The van der Waals surface area contributed by atoms with Crippen molar-refractivity contribution in [1.29, 1.82) is 0 Å². The van der Waals surface area contributed by atoms with Crippen LogP contribution in [0.4, 0.5) is 0 Å². The monoisotopic (exact) mass is 270 g/mol. The predicted octanol–water partition coefficient (Wildman–Crippen LogP) is 2.51. The minimum Gasteiger partial charge on any atom is -0.490 e. The number of aliphatic hydroxyl groups excluding tert-OH is 1. The minimum absolute atomic E-state index is 0.000568. The summed E-state index contributed by atoms with van der Waals surface area (Å²) in [7, 11) is 0. The van der Waals surface area contributed by atoms with Crippen LogP contribution in [0.3, 0.4) is 0 Å². The molecule has 2 aromatic carbocycles. The van der Waals surface area contributed by atoms with Crippen LogP contribution in [0.2, 0.25) is 0 Å². The fourth-order valence-corrected chi connectivity index (χ4v) is 2.79. The Morgan fingerprint density at radius 2 is 2.00 bits per heavy atom. The summed E-state index contributed by atoms with van der Waals surface area (Å²) in [6.45, 7) is 0.547. The van der Waals surface area contributed by atoms with Gasteiger partial charge in [0, 0.05) is 10.9 Å². The van der Waals surface area contributed by atoms with Crippen LogP contribution >= 0.6 is 0 Å². The molecule has 0 aromatic heterocycles. The zero-order valence-corrected chi connectivity index (χ0v) is 10.9. The number of fused-ring (bicyclic) bond motifs is 3. The molecule has 0 unspecified atom stereocenters. The lowest BCUT2D eigenvalue weighted by atomic mass is 10.0. The van der Waals surface area contributed by atoms with Gasteiger partial charge in [0.25, 0.3) is 0 Å². The predicted molar refractivity (Wildman–Crippen MR) is 75.4 cm³/mol. The summed E-state index contributed by atoms with van der Waals surface area (Å²) < 4.78 is 16.6. The van der Waals surface area contributed by atoms with Crippen LogP contribution in [-0.4, -0.2) is 25.1 Å². The Hall–Kier alpha value is -2.20. The van der Waals surface area contributed by atoms with Crippen molar-refractivity contribution in [2.24, 2.45) is 0 Å². The van der Waals surface area contributed by atoms with E-state index in [1.165, 1.54) is 5.56 Å². The van der Waals surface area contributed by atoms with Crippen LogP contribution in [0.1, 0.15) is 11.1 Å². The molecule has 0 bridgehead atoms. The molecular weight excluding hydrogens is 256 g/mol. The third kappa shape index (κ3) is 1.65. The maximum atomic E-state index is 9.02. The molecule has 4 heteroatoms. The second kappa shape index (κ2) is 4.42. The third-order valence-electron chi connectivity index (χ3n) is 3.67. The van der Waals surface area contributed by atoms with Gasteiger partial charge in [-0.25, -0.2) is 0 Å². The van der Waals surface area contributed by atoms with Crippen LogP contribution in [0.25, 0.3) is 16.8 Å². The van der Waals surface area contributed by atoms with Crippen LogP contribution in [-0.2, 0) is 6.42 Å². The van der Waals surface area contributed by atoms with Gasteiger partial charge in [0.1, 0.15) is 12.4 Å². The number of ether oxygens (including phenoxy) is 3. The number of hydrogen-bond acceptors (Lipinski definition) is 4. The van der Waals surface area contributed by atoms with Crippen LogP contribution < -0.4 is 14.2 Å². The quantitative estimate of drug-likeness (QED) is 0.931. The summed E-state index contributed by atoms with van der Waals surface area (Å²) >= 11 is 0. The molecule has 0 saturated carbocycles. The molecule has 1 aliphatic carbocycles. The van der Waals surface area contributed by atoms with Gasteiger partial charge in [-0.3, -0.25) is 0 Å². The summed E-state index contributed by atoms with van der Waals surface area (Å²) in [4.78, 5) is 0. The second-order valence-corrected chi connectivity index (χ2v) is 4.88. The molecular formula is C16H14O4. The van der Waals surface area contributed by atoms with Gasteiger partial charge >= 0.3 is 0 Å². The molecule has 1 aliphatic heterocycles. The average molecular weight is 270 g/mol. The fraction of sp³-hybridized carbons (Fsp3) is 0.250. The van der Waals surface area contributed by atoms with Gasteiger partial charge in [0.2, 0.25) is 6.79 Å². The Labute approximate surface area is 116 Å². The number of rotatable bonds is 3. The van der Waals surface area contributed by atoms with E-state index in [9.17, 15) is 0 Å². The number of aliphatic hydroxyl groups is 1. The van der Waals surface area contributed by atoms with Crippen molar-refractivity contribution in [3.05, 3.63) is 35.4 Å². The van der Waals surface area contributed by atoms with E-state index in [1.807, 2.05) is 12.1 Å². The molecule has 1 N–H and O–H groups in total. The first-order chi connectivity index (χ1) is 9.86. The molecule has 0 saturated heterocycles. The van der Waals surface area contributed by atoms with E-state index in [1.54, 1.807) is 0 Å². The Bertz CT molecular complexity index is 713. The molecule has 20 heavy (non-hydrogen) atoms. The zero-order chi connectivity index (χ0) is 13.5. The summed E-state index contributed by atoms with van der Waals surface area (Å²) in [5.41, 5.74) is 2.34. The molecule has 4 rings (SSSR count). The highest BCUT2D eigenvalue weighted by Crippen LogP contribution is 2.43. The van der Waals surface area contributed by atoms with Crippen molar-refractivity contribution in [3.8, 4) is 17.2 Å². The molecule has 0 amide bonds. The largest absolute Gasteiger partial charge is 0.490 e. The summed E-state index contributed by atoms with van der Waals surface area (Å²) in [6.07, 6.45) is 5.11. The van der Waals surface area contributed by atoms with Crippen molar-refractivity contribution in [1.82, 2.24) is 0 Å². The van der Waals surface area contributed by atoms with Gasteiger partial charge < -0.3 is 19.3 Å². The second-order valence-electron chi connectivity index (χ2n) is 4.88. The minimum atomic E-state index is -0.000568. The van der Waals surface area contributed by atoms with E-state index in [0.29, 0.717) is 0 Å². The Kier molecular flexibility index (Phi) is 2.57. The Morgan fingerprint density at radius 3 is 2.85 bits per heavy atom. The molecule has 0 spiro atoms. The van der Waals surface area contributed by atoms with Crippen LogP contribution in [0.15, 0.2) is 24.3 Å². The van der Waals surface area contributed by atoms with Gasteiger partial charge in [-0.2, -0.15) is 0 Å². The molecule has 0 atom stereocenters. The molecule has 0 fully saturated rings. The van der Waals surface area contributed by atoms with Crippen LogP contribution in [0.5, 0.6) is 17.2 Å². The van der Waals surface area contributed by atoms with E-state index in [-0.39, 0.29) is 20.0 Å². The molecule has 4 nitrogen and oxygen atoms in total. The Morgan fingerprint density at radius 1 is 1.15 bits per heavy atom. The van der Waals surface area contributed by atoms with Crippen molar-refractivity contribution in [2.75, 3.05) is 20.0 Å². The maximum absolute atomic E-state index is 9.02. The van der Waals surface area contributed by atoms with Crippen molar-refractivity contribution in [2.45, 2.75) is 6.42 Å². The molecule has 2 aromatic rings. The van der Waals surface area contributed by atoms with Crippen molar-refractivity contribution < 1.29 is 19.3 Å². The number of hydrogen-bond donors (Lipinski definition) is 1. The lowest BCUT2D eigenvalue weighted by Gasteiger charge is -2.14. The Balaban J connectivity index is 1.97. The van der Waals surface area contributed by atoms with Crippen molar-refractivity contribution in [3.63, 3.8) is 0 Å². The number of allylic oxidation sites excluding steroid dienone is 1. The maximum Gasteiger partial charge on any atom is 0.231 e. The van der Waals surface area contributed by atoms with Gasteiger partial charge in [-0.1, -0.05) is 12.2 Å². The van der Waals surface area contributed by atoms with E-state index in [4.69, 9.17) is 19.3 Å². The normalized spacial score (nSPS) is 14.8. The third-order valence-corrected chi connectivity index (χ3v) is 3.67. The van der Waals surface area contributed by atoms with Gasteiger partial charge in [-0.05, 0) is 35.6 Å². The highest BCUT2D eigenvalue weighted by atomic mass is 16.7. The standard InChI is InChI=1S/C16H14O4/c17-4-5-18-16-12-3-1-2-10(12)6-11-7-14-15(8-13(11)16)20-9-19-14/h1,3,6-8,17H,2,4-5,9H2. The first kappa shape index (κ1) is 11.6. The van der Waals surface area contributed by atoms with Crippen LogP contribution in [0, 0.1) is 0 Å². The first-order valence-electron chi connectivity index (χ1n) is 6.66. The molecule has 1 heterocycles. The van der Waals surface area contributed by atoms with Gasteiger partial charge in [0.15, 0.2) is 11.5 Å². The summed E-state index contributed by atoms with van der Waals surface area (Å²) in [5.74, 6) is 2.34. The van der Waals surface area contributed by atoms with E-state index < -0.39 is 0 Å². The molecule has 0 radical (unpaired) electrons. The average Bonchev–Trinajstić information content (AvgIpc) is 3.09. The van der Waals surface area contributed by atoms with Gasteiger partial charge in [-0.15, -0.1) is 0 Å². The molecule has 2 aliphatic rings. The smallest absolute Gasteiger partial charge is 0.231 e. The SMILES string of the molecule is OCCOc1c2c(cc3cc4c(cc13)OCO4)CC=C2. The number of benzene rings is 2. The first-order valence-corrected chi connectivity index (χ1v) is 6.66. The van der Waals surface area contributed by atoms with E-state index in [2.05, 4.69) is 18.2 Å². The van der Waals surface area contributed by atoms with E-state index >= 15 is 0 Å². The van der Waals surface area contributed by atoms with Crippen molar-refractivity contribution >= 4 is 16.8 Å². The molecule has 102 valence electrons. The summed E-state index contributed by atoms with van der Waals surface area (Å²) in [6, 6.07) is 6.11.